The number of anilines is 2. The number of rotatable bonds is 15. The van der Waals surface area contributed by atoms with Crippen LogP contribution in [0.15, 0.2) is 53.9 Å². The van der Waals surface area contributed by atoms with E-state index in [1.165, 1.54) is 63.2 Å². The summed E-state index contributed by atoms with van der Waals surface area (Å²) >= 11 is 0. The first-order valence-corrected chi connectivity index (χ1v) is 32.8. The number of imidazole rings is 1. The Morgan fingerprint density at radius 1 is 0.840 bits per heavy atom. The van der Waals surface area contributed by atoms with E-state index in [1.807, 2.05) is 7.05 Å². The van der Waals surface area contributed by atoms with Crippen LogP contribution in [0.5, 0.6) is 23.0 Å². The number of fused-ring (bicyclic) bond motifs is 15. The molecule has 94 heavy (non-hydrogen) atoms. The Morgan fingerprint density at radius 3 is 2.13 bits per heavy atom. The van der Waals surface area contributed by atoms with Gasteiger partial charge in [-0.15, -0.1) is 0 Å². The standard InChI is InChI=1S/C58H79N9O25P2/c1-25-12-11-13-26(2)55(78)64-39-32(20-63-66-17-15-65(9)16-18-66)43(71)36-37(46(39)74)42(70)30(6)51-38(36)52(77)58(8,91-51)84-19-14-33(83-10)27(3)50(87-31(7)68)29(5)41(69)28(4)49(25)90-57-48(76)45(73)35(89-57)22-86-94(81,82)92-93(79,80)85-21-34-44(72)47(75)56(88-34)67-24-62-40-53(59)60-23-61-54(40)67/h11-14,19-20,23-25,27-29,33-35,41,44-45,47-50,56-57,69-76H,15-18,21-22H2,1-10H3,(H,64,78)(H,79,80)(H,81,82)(H2,59,60,61)/b12-11+,19-14+,26-13-,63-20-/t25-,27-,28+,29-,33+,34-,35-,41-,44-,45-,47-,48-,49-,50-,56-,57-,58+/m1/s1. The van der Waals surface area contributed by atoms with Gasteiger partial charge in [-0.05, 0) is 27.0 Å². The Morgan fingerprint density at radius 2 is 1.48 bits per heavy atom. The fourth-order valence-electron chi connectivity index (χ4n) is 11.9. The molecule has 2 aromatic heterocycles. The number of ether oxygens (including phenoxy) is 7. The minimum absolute atomic E-state index is 0.00411. The number of Topliss-reactive ketones (excluding diaryl/α,β-unsaturated/α-hetero) is 1. The first kappa shape index (κ1) is 71.5. The lowest BCUT2D eigenvalue weighted by Gasteiger charge is -2.39. The Hall–Kier alpha value is -6.79. The molecule has 4 aromatic rings. The Balaban J connectivity index is 0.974. The van der Waals surface area contributed by atoms with Gasteiger partial charge in [-0.1, -0.05) is 45.9 Å². The lowest BCUT2D eigenvalue weighted by molar-refractivity contribution is -0.219. The molecule has 8 heterocycles. The monoisotopic (exact) mass is 1360 g/mol. The number of nitrogens with one attached hydrogen (secondary N) is 1. The molecule has 36 heteroatoms. The highest BCUT2D eigenvalue weighted by Gasteiger charge is 2.52. The summed E-state index contributed by atoms with van der Waals surface area (Å²) in [4.78, 5) is 77.1. The third kappa shape index (κ3) is 14.6. The summed E-state index contributed by atoms with van der Waals surface area (Å²) in [5, 5.41) is 101. The molecule has 3 saturated heterocycles. The SMILES string of the molecule is CO[C@H]1/C=C/O[C@@]2(C)Oc3c(C)c(O)c4c(O)c(c(/C=N\N5CCN(C)CC5)c(O)c4c3C2=O)NC(=O)/C(C)=C\C=C\[C@@H](C)[C@@H](O[C@H]2O[C@H](COP(=O)(O)OP(=O)(O)OC[C@H]3O[C@@H](n4cnc5c(N)ncnc54)[C@H](O)[C@@H]3O)[C@@H](O)[C@H]2O)[C@@H](C)[C@@H](O)[C@@H](C)[C@H](OC(C)=O)[C@@H]1C. The second kappa shape index (κ2) is 28.5. The van der Waals surface area contributed by atoms with E-state index in [-0.39, 0.29) is 50.4 Å². The number of aromatic hydroxyl groups is 3. The summed E-state index contributed by atoms with van der Waals surface area (Å²) in [6.07, 6.45) is -8.25. The van der Waals surface area contributed by atoms with Gasteiger partial charge in [0.1, 0.15) is 71.8 Å². The number of nitrogens with zero attached hydrogens (tertiary/aromatic N) is 7. The molecule has 0 radical (unpaired) electrons. The van der Waals surface area contributed by atoms with Crippen LogP contribution in [0.2, 0.25) is 0 Å². The summed E-state index contributed by atoms with van der Waals surface area (Å²) in [7, 11) is -7.96. The van der Waals surface area contributed by atoms with Gasteiger partial charge in [0.15, 0.2) is 29.7 Å². The zero-order valence-corrected chi connectivity index (χ0v) is 54.6. The van der Waals surface area contributed by atoms with Crippen molar-refractivity contribution in [3.05, 3.63) is 65.5 Å². The molecule has 0 aliphatic carbocycles. The number of phosphoric acid groups is 2. The third-order valence-corrected chi connectivity index (χ3v) is 20.0. The molecule has 3 fully saturated rings. The average molecular weight is 1360 g/mol. The minimum atomic E-state index is -5.65. The van der Waals surface area contributed by atoms with Crippen LogP contribution in [0, 0.1) is 30.6 Å². The number of esters is 1. The van der Waals surface area contributed by atoms with Crippen molar-refractivity contribution in [1.82, 2.24) is 29.4 Å². The van der Waals surface area contributed by atoms with Crippen molar-refractivity contribution in [1.29, 1.82) is 0 Å². The normalized spacial score (nSPS) is 34.1. The Kier molecular flexibility index (Phi) is 21.7. The van der Waals surface area contributed by atoms with Crippen LogP contribution >= 0.6 is 15.6 Å². The second-order valence-corrected chi connectivity index (χ2v) is 27.0. The highest BCUT2D eigenvalue weighted by Crippen LogP contribution is 2.61. The number of piperazine rings is 1. The maximum atomic E-state index is 14.7. The van der Waals surface area contributed by atoms with E-state index in [9.17, 15) is 74.2 Å². The van der Waals surface area contributed by atoms with Crippen LogP contribution in [0.4, 0.5) is 11.5 Å². The molecule has 2 aromatic carbocycles. The van der Waals surface area contributed by atoms with Crippen molar-refractivity contribution in [2.24, 2.45) is 28.8 Å². The maximum Gasteiger partial charge on any atom is 0.481 e. The van der Waals surface area contributed by atoms with Crippen molar-refractivity contribution in [2.45, 2.75) is 135 Å². The van der Waals surface area contributed by atoms with Gasteiger partial charge in [0.2, 0.25) is 0 Å². The lowest BCUT2D eigenvalue weighted by atomic mass is 9.78. The molecule has 516 valence electrons. The van der Waals surface area contributed by atoms with Gasteiger partial charge >= 0.3 is 27.4 Å². The molecule has 10 rings (SSSR count). The number of nitrogens with two attached hydrogens (primary N) is 1. The highest BCUT2D eigenvalue weighted by atomic mass is 31.3. The number of aliphatic hydroxyl groups is 5. The van der Waals surface area contributed by atoms with E-state index in [0.717, 1.165) is 19.5 Å². The number of ketones is 1. The van der Waals surface area contributed by atoms with Gasteiger partial charge in [-0.3, -0.25) is 33.0 Å². The van der Waals surface area contributed by atoms with Crippen molar-refractivity contribution < 1.29 is 121 Å². The summed E-state index contributed by atoms with van der Waals surface area (Å²) in [6, 6.07) is 0. The van der Waals surface area contributed by atoms with Gasteiger partial charge in [-0.25, -0.2) is 24.1 Å². The van der Waals surface area contributed by atoms with Crippen LogP contribution < -0.4 is 15.8 Å². The molecule has 34 nitrogen and oxygen atoms in total. The number of hydrogen-bond acceptors (Lipinski definition) is 30. The number of allylic oxidation sites excluding steroid dienone is 2. The summed E-state index contributed by atoms with van der Waals surface area (Å²) in [5.41, 5.74) is 5.17. The number of nitrogen functional groups attached to an aromatic ring is 1. The molecule has 13 N–H and O–H groups in total. The Labute approximate surface area is 537 Å². The second-order valence-electron chi connectivity index (χ2n) is 24.0. The predicted octanol–water partition coefficient (Wildman–Crippen LogP) is 2.10. The lowest BCUT2D eigenvalue weighted by Crippen LogP contribution is -2.48. The minimum Gasteiger partial charge on any atom is -0.507 e. The maximum absolute atomic E-state index is 14.7. The van der Waals surface area contributed by atoms with E-state index in [0.29, 0.717) is 26.2 Å². The average Bonchev–Trinajstić information content (AvgIpc) is 1.44. The first-order valence-electron chi connectivity index (χ1n) is 29.8. The number of phosphoric ester groups is 2. The van der Waals surface area contributed by atoms with Gasteiger partial charge < -0.3 is 99.7 Å². The molecule has 6 aliphatic rings. The predicted molar refractivity (Wildman–Crippen MR) is 328 cm³/mol. The van der Waals surface area contributed by atoms with Gasteiger partial charge in [0.05, 0.1) is 72.5 Å². The zero-order valence-electron chi connectivity index (χ0n) is 52.8. The highest BCUT2D eigenvalue weighted by molar-refractivity contribution is 7.61. The first-order chi connectivity index (χ1) is 44.2. The number of aromatic nitrogens is 4. The van der Waals surface area contributed by atoms with E-state index in [4.69, 9.17) is 47.9 Å². The molecular weight excluding hydrogens is 1280 g/mol. The number of likely N-dealkylation sites (N-methyl/N-ethyl adjacent to an activating group) is 1. The molecule has 0 saturated carbocycles. The van der Waals surface area contributed by atoms with Crippen LogP contribution in [-0.4, -0.2) is 231 Å². The number of carbonyl (C=O) groups is 3. The number of phenolic OH excluding ortho intramolecular Hbond substituents is 3. The van der Waals surface area contributed by atoms with Gasteiger partial charge in [0.25, 0.3) is 11.7 Å². The number of hydrazone groups is 1. The molecule has 2 unspecified atom stereocenters. The molecule has 5 bridgehead atoms. The van der Waals surface area contributed by atoms with E-state index in [2.05, 4.69) is 34.6 Å². The van der Waals surface area contributed by atoms with Crippen molar-refractivity contribution >= 4 is 73.0 Å². The number of phenols is 3. The zero-order chi connectivity index (χ0) is 68.8. The van der Waals surface area contributed by atoms with Crippen molar-refractivity contribution in [3.8, 4) is 23.0 Å². The topological polar surface area (TPSA) is 480 Å². The summed E-state index contributed by atoms with van der Waals surface area (Å²) in [5.74, 6) is -10.5. The summed E-state index contributed by atoms with van der Waals surface area (Å²) < 4.78 is 83.6. The van der Waals surface area contributed by atoms with Crippen LogP contribution in [-0.2, 0) is 60.5 Å². The van der Waals surface area contributed by atoms with Crippen molar-refractivity contribution in [3.63, 3.8) is 0 Å². The smallest absolute Gasteiger partial charge is 0.481 e. The summed E-state index contributed by atoms with van der Waals surface area (Å²) in [6.45, 7) is 11.8. The largest absolute Gasteiger partial charge is 0.507 e. The van der Waals surface area contributed by atoms with E-state index >= 15 is 0 Å². The molecule has 1 amide bonds. The number of methoxy groups -OCH3 is 1. The Bertz CT molecular complexity index is 3730. The fourth-order valence-corrected chi connectivity index (χ4v) is 14.0. The van der Waals surface area contributed by atoms with Gasteiger partial charge in [0, 0.05) is 87.3 Å². The van der Waals surface area contributed by atoms with E-state index < -0.39 is 178 Å². The number of hydrogen-bond donors (Lipinski definition) is 12. The quantitative estimate of drug-likeness (QED) is 0.0266. The molecule has 6 aliphatic heterocycles. The van der Waals surface area contributed by atoms with Gasteiger partial charge in [-0.2, -0.15) is 9.41 Å². The van der Waals surface area contributed by atoms with Crippen LogP contribution in [0.3, 0.4) is 0 Å². The number of benzene rings is 2. The fraction of sp³-hybridized carbons (Fsp3) is 0.569. The number of aliphatic hydroxyl groups excluding tert-OH is 5. The molecular formula is C58H79N9O25P2. The van der Waals surface area contributed by atoms with E-state index in [1.54, 1.807) is 38.8 Å². The third-order valence-electron chi connectivity index (χ3n) is 17.4. The molecule has 19 atom stereocenters. The van der Waals surface area contributed by atoms with Crippen LogP contribution in [0.25, 0.3) is 21.9 Å². The number of amides is 1. The van der Waals surface area contributed by atoms with Crippen molar-refractivity contribution in [2.75, 3.05) is 64.6 Å². The van der Waals surface area contributed by atoms with Crippen LogP contribution in [0.1, 0.15) is 76.2 Å². The number of carbonyl (C=O) groups excluding carboxylic acids is 3. The molecule has 0 spiro atoms.